The zero-order valence-corrected chi connectivity index (χ0v) is 14.5. The fourth-order valence-electron chi connectivity index (χ4n) is 2.17. The van der Waals surface area contributed by atoms with E-state index in [1.807, 2.05) is 85.1 Å². The molecular formula is C20H17N3OS. The number of anilines is 1. The maximum atomic E-state index is 12.2. The summed E-state index contributed by atoms with van der Waals surface area (Å²) in [7, 11) is 0. The van der Waals surface area contributed by atoms with Gasteiger partial charge in [0.05, 0.1) is 11.4 Å². The van der Waals surface area contributed by atoms with Crippen LogP contribution in [0, 0.1) is 0 Å². The molecule has 0 aromatic heterocycles. The summed E-state index contributed by atoms with van der Waals surface area (Å²) < 4.78 is 0. The Morgan fingerprint density at radius 2 is 1.40 bits per heavy atom. The molecule has 0 saturated carbocycles. The Balaban J connectivity index is 1.63. The number of nitrogens with one attached hydrogen (secondary N) is 1. The Morgan fingerprint density at radius 3 is 2.00 bits per heavy atom. The third kappa shape index (κ3) is 4.78. The van der Waals surface area contributed by atoms with Gasteiger partial charge in [-0.05, 0) is 66.9 Å². The lowest BCUT2D eigenvalue weighted by Gasteiger charge is -2.06. The fourth-order valence-corrected chi connectivity index (χ4v) is 2.58. The number of thioether (sulfide) groups is 1. The van der Waals surface area contributed by atoms with E-state index in [1.165, 1.54) is 0 Å². The number of benzene rings is 3. The van der Waals surface area contributed by atoms with Crippen molar-refractivity contribution < 1.29 is 4.79 Å². The van der Waals surface area contributed by atoms with E-state index in [4.69, 9.17) is 0 Å². The number of azo groups is 1. The number of amides is 1. The Morgan fingerprint density at radius 1 is 0.800 bits per heavy atom. The topological polar surface area (TPSA) is 53.8 Å². The highest BCUT2D eigenvalue weighted by Crippen LogP contribution is 2.21. The third-order valence-electron chi connectivity index (χ3n) is 3.51. The zero-order valence-electron chi connectivity index (χ0n) is 13.7. The van der Waals surface area contributed by atoms with Crippen molar-refractivity contribution in [3.05, 3.63) is 84.4 Å². The molecule has 0 aliphatic carbocycles. The van der Waals surface area contributed by atoms with Gasteiger partial charge in [0.2, 0.25) is 0 Å². The molecule has 0 heterocycles. The summed E-state index contributed by atoms with van der Waals surface area (Å²) in [6.07, 6.45) is 2.01. The lowest BCUT2D eigenvalue weighted by atomic mass is 10.2. The van der Waals surface area contributed by atoms with Crippen LogP contribution in [0.4, 0.5) is 17.1 Å². The van der Waals surface area contributed by atoms with Crippen LogP contribution in [0.25, 0.3) is 0 Å². The average Bonchev–Trinajstić information content (AvgIpc) is 2.68. The van der Waals surface area contributed by atoms with E-state index in [2.05, 4.69) is 15.5 Å². The second kappa shape index (κ2) is 8.26. The van der Waals surface area contributed by atoms with Crippen molar-refractivity contribution in [3.63, 3.8) is 0 Å². The minimum absolute atomic E-state index is 0.133. The summed E-state index contributed by atoms with van der Waals surface area (Å²) >= 11 is 1.65. The molecule has 5 heteroatoms. The summed E-state index contributed by atoms with van der Waals surface area (Å²) in [5.74, 6) is -0.133. The smallest absolute Gasteiger partial charge is 0.255 e. The minimum atomic E-state index is -0.133. The Hall–Kier alpha value is -2.92. The molecule has 0 bridgehead atoms. The molecule has 1 N–H and O–H groups in total. The van der Waals surface area contributed by atoms with E-state index < -0.39 is 0 Å². The van der Waals surface area contributed by atoms with Crippen molar-refractivity contribution in [3.8, 4) is 0 Å². The van der Waals surface area contributed by atoms with Crippen LogP contribution in [0.3, 0.4) is 0 Å². The lowest BCUT2D eigenvalue weighted by Crippen LogP contribution is -2.11. The van der Waals surface area contributed by atoms with Crippen molar-refractivity contribution in [1.82, 2.24) is 0 Å². The Bertz CT molecular complexity index is 860. The van der Waals surface area contributed by atoms with Gasteiger partial charge in [-0.2, -0.15) is 10.2 Å². The molecule has 4 nitrogen and oxygen atoms in total. The molecule has 0 spiro atoms. The van der Waals surface area contributed by atoms with Crippen molar-refractivity contribution in [2.24, 2.45) is 10.2 Å². The van der Waals surface area contributed by atoms with Crippen molar-refractivity contribution in [1.29, 1.82) is 0 Å². The predicted molar refractivity (Wildman–Crippen MR) is 103 cm³/mol. The second-order valence-electron chi connectivity index (χ2n) is 5.27. The van der Waals surface area contributed by atoms with E-state index >= 15 is 0 Å². The van der Waals surface area contributed by atoms with Crippen molar-refractivity contribution in [2.75, 3.05) is 11.6 Å². The molecular weight excluding hydrogens is 330 g/mol. The standard InChI is InChI=1S/C20H17N3OS/c1-25-19-13-7-15(8-14-19)20(24)21-16-9-11-18(12-10-16)23-22-17-5-3-2-4-6-17/h2-14H,1H3,(H,21,24). The Labute approximate surface area is 151 Å². The molecule has 1 amide bonds. The molecule has 0 aliphatic heterocycles. The molecule has 0 saturated heterocycles. The maximum absolute atomic E-state index is 12.2. The van der Waals surface area contributed by atoms with E-state index in [0.29, 0.717) is 5.56 Å². The number of nitrogens with zero attached hydrogens (tertiary/aromatic N) is 2. The lowest BCUT2D eigenvalue weighted by molar-refractivity contribution is 0.102. The summed E-state index contributed by atoms with van der Waals surface area (Å²) in [6.45, 7) is 0. The number of carbonyl (C=O) groups excluding carboxylic acids is 1. The summed E-state index contributed by atoms with van der Waals surface area (Å²) in [5, 5.41) is 11.2. The zero-order chi connectivity index (χ0) is 17.5. The Kier molecular flexibility index (Phi) is 5.59. The van der Waals surface area contributed by atoms with Gasteiger partial charge < -0.3 is 5.32 Å². The number of hydrogen-bond donors (Lipinski definition) is 1. The highest BCUT2D eigenvalue weighted by atomic mass is 32.2. The first kappa shape index (κ1) is 16.9. The van der Waals surface area contributed by atoms with Crippen LogP contribution in [0.15, 0.2) is 94.0 Å². The first-order valence-electron chi connectivity index (χ1n) is 7.77. The summed E-state index contributed by atoms with van der Waals surface area (Å²) in [6, 6.07) is 24.3. The molecule has 3 rings (SSSR count). The van der Waals surface area contributed by atoms with Gasteiger partial charge in [-0.15, -0.1) is 11.8 Å². The van der Waals surface area contributed by atoms with Crippen molar-refractivity contribution >= 4 is 34.7 Å². The molecule has 0 radical (unpaired) electrons. The van der Waals surface area contributed by atoms with E-state index in [1.54, 1.807) is 11.8 Å². The SMILES string of the molecule is CSc1ccc(C(=O)Nc2ccc(N=Nc3ccccc3)cc2)cc1. The molecule has 0 aliphatic rings. The monoisotopic (exact) mass is 347 g/mol. The molecule has 0 unspecified atom stereocenters. The van der Waals surface area contributed by atoms with Gasteiger partial charge in [-0.25, -0.2) is 0 Å². The maximum Gasteiger partial charge on any atom is 0.255 e. The van der Waals surface area contributed by atoms with Crippen LogP contribution >= 0.6 is 11.8 Å². The van der Waals surface area contributed by atoms with Gasteiger partial charge in [0.25, 0.3) is 5.91 Å². The number of hydrogen-bond acceptors (Lipinski definition) is 4. The van der Waals surface area contributed by atoms with Gasteiger partial charge in [-0.3, -0.25) is 4.79 Å². The van der Waals surface area contributed by atoms with Gasteiger partial charge in [-0.1, -0.05) is 18.2 Å². The van der Waals surface area contributed by atoms with Gasteiger partial charge in [0.15, 0.2) is 0 Å². The van der Waals surface area contributed by atoms with Gasteiger partial charge in [0.1, 0.15) is 0 Å². The van der Waals surface area contributed by atoms with Crippen LogP contribution in [-0.4, -0.2) is 12.2 Å². The van der Waals surface area contributed by atoms with E-state index in [-0.39, 0.29) is 5.91 Å². The van der Waals surface area contributed by atoms with E-state index in [0.717, 1.165) is 22.0 Å². The highest BCUT2D eigenvalue weighted by Gasteiger charge is 2.06. The molecule has 3 aromatic carbocycles. The molecule has 0 fully saturated rings. The second-order valence-corrected chi connectivity index (χ2v) is 6.14. The van der Waals surface area contributed by atoms with Crippen LogP contribution < -0.4 is 5.32 Å². The van der Waals surface area contributed by atoms with Crippen LogP contribution in [0.2, 0.25) is 0 Å². The van der Waals surface area contributed by atoms with Gasteiger partial charge in [0, 0.05) is 16.1 Å². The quantitative estimate of drug-likeness (QED) is 0.449. The predicted octanol–water partition coefficient (Wildman–Crippen LogP) is 6.08. The third-order valence-corrected chi connectivity index (χ3v) is 4.26. The summed E-state index contributed by atoms with van der Waals surface area (Å²) in [5.41, 5.74) is 2.88. The first-order valence-corrected chi connectivity index (χ1v) is 8.99. The first-order chi connectivity index (χ1) is 12.2. The van der Waals surface area contributed by atoms with Crippen LogP contribution in [-0.2, 0) is 0 Å². The molecule has 124 valence electrons. The summed E-state index contributed by atoms with van der Waals surface area (Å²) in [4.78, 5) is 13.4. The molecule has 3 aromatic rings. The normalized spacial score (nSPS) is 10.8. The van der Waals surface area contributed by atoms with Crippen LogP contribution in [0.5, 0.6) is 0 Å². The fraction of sp³-hybridized carbons (Fsp3) is 0.0500. The average molecular weight is 347 g/mol. The van der Waals surface area contributed by atoms with E-state index in [9.17, 15) is 4.79 Å². The number of rotatable bonds is 5. The highest BCUT2D eigenvalue weighted by molar-refractivity contribution is 7.98. The minimum Gasteiger partial charge on any atom is -0.322 e. The molecule has 25 heavy (non-hydrogen) atoms. The van der Waals surface area contributed by atoms with Crippen molar-refractivity contribution in [2.45, 2.75) is 4.90 Å². The number of carbonyl (C=O) groups is 1. The molecule has 0 atom stereocenters. The van der Waals surface area contributed by atoms with Gasteiger partial charge >= 0.3 is 0 Å². The largest absolute Gasteiger partial charge is 0.322 e. The van der Waals surface area contributed by atoms with Crippen LogP contribution in [0.1, 0.15) is 10.4 Å².